The molecule has 394 valence electrons. The molecule has 9 rings (SSSR count). The fourth-order valence-electron chi connectivity index (χ4n) is 12.1. The van der Waals surface area contributed by atoms with Crippen molar-refractivity contribution in [3.63, 3.8) is 0 Å². The molecule has 9 fully saturated rings. The van der Waals surface area contributed by atoms with Crippen molar-refractivity contribution in [1.29, 1.82) is 0 Å². The lowest BCUT2D eigenvalue weighted by Crippen LogP contribution is -2.44. The molecule has 0 aromatic rings. The van der Waals surface area contributed by atoms with Gasteiger partial charge in [0.15, 0.2) is 19.8 Å². The van der Waals surface area contributed by atoms with Gasteiger partial charge in [0, 0.05) is 35.5 Å². The first-order chi connectivity index (χ1) is 33.3. The molecule has 0 spiro atoms. The Morgan fingerprint density at radius 2 is 0.901 bits per heavy atom. The first-order valence-electron chi connectivity index (χ1n) is 25.1. The topological polar surface area (TPSA) is 263 Å². The zero-order valence-corrected chi connectivity index (χ0v) is 42.6. The molecule has 0 amide bonds. The van der Waals surface area contributed by atoms with Gasteiger partial charge in [-0.15, -0.1) is 0 Å². The molecule has 71 heavy (non-hydrogen) atoms. The first-order valence-corrected chi connectivity index (χ1v) is 25.1. The number of rotatable bonds is 16. The lowest BCUT2D eigenvalue weighted by atomic mass is 9.78. The first kappa shape index (κ1) is 53.5. The zero-order valence-electron chi connectivity index (χ0n) is 42.6. The van der Waals surface area contributed by atoms with Crippen LogP contribution in [0.15, 0.2) is 0 Å². The summed E-state index contributed by atoms with van der Waals surface area (Å²) < 4.78 is 52.4. The minimum Gasteiger partial charge on any atom is -0.469 e. The number of methoxy groups -OCH3 is 1. The molecule has 0 radical (unpaired) electrons. The van der Waals surface area contributed by atoms with E-state index in [-0.39, 0.29) is 90.1 Å². The van der Waals surface area contributed by atoms with E-state index in [1.165, 1.54) is 7.11 Å². The van der Waals surface area contributed by atoms with Gasteiger partial charge in [-0.3, -0.25) is 33.6 Å². The predicted octanol–water partition coefficient (Wildman–Crippen LogP) is 4.02. The third-order valence-corrected chi connectivity index (χ3v) is 17.4. The molecule has 6 aliphatic carbocycles. The van der Waals surface area contributed by atoms with Gasteiger partial charge in [-0.2, -0.15) is 0 Å². The van der Waals surface area contributed by atoms with Crippen LogP contribution in [0.1, 0.15) is 114 Å². The molecule has 0 aromatic heterocycles. The molecule has 0 N–H and O–H groups in total. The lowest BCUT2D eigenvalue weighted by Gasteiger charge is -2.30. The van der Waals surface area contributed by atoms with Crippen molar-refractivity contribution in [2.75, 3.05) is 26.9 Å². The SMILES string of the molecule is CCC(C)(C)C(=O)OCC(=O)OC1C2CC3C(=O)OC1C3C2.CCC(C)(C)C(=O)OCC(=O)OC1C2CC3C1OC(=O)C3C2C.CCC(C)(C)C(=O)OCC(=O)OC1C2CC3C1OC(=O)C3C2C(=O)OC. The Bertz CT molecular complexity index is 2160. The van der Waals surface area contributed by atoms with Crippen LogP contribution in [0.5, 0.6) is 0 Å². The molecule has 20 nitrogen and oxygen atoms in total. The van der Waals surface area contributed by atoms with E-state index in [0.29, 0.717) is 25.7 Å². The van der Waals surface area contributed by atoms with Crippen LogP contribution in [0, 0.1) is 81.3 Å². The van der Waals surface area contributed by atoms with Crippen LogP contribution in [-0.2, 0) is 95.3 Å². The molecule has 17 unspecified atom stereocenters. The van der Waals surface area contributed by atoms with Crippen LogP contribution in [0.25, 0.3) is 0 Å². The largest absolute Gasteiger partial charge is 0.469 e. The van der Waals surface area contributed by atoms with E-state index in [1.54, 1.807) is 41.5 Å². The summed E-state index contributed by atoms with van der Waals surface area (Å²) in [5.74, 6) is -5.21. The zero-order chi connectivity index (χ0) is 52.2. The minimum atomic E-state index is -0.717. The van der Waals surface area contributed by atoms with Gasteiger partial charge in [0.25, 0.3) is 0 Å². The van der Waals surface area contributed by atoms with Gasteiger partial charge in [0.05, 0.1) is 47.0 Å². The molecular formula is C51H70O20. The predicted molar refractivity (Wildman–Crippen MR) is 239 cm³/mol. The fourth-order valence-corrected chi connectivity index (χ4v) is 12.1. The van der Waals surface area contributed by atoms with Gasteiger partial charge in [-0.05, 0) is 92.4 Å². The molecule has 9 aliphatic rings. The van der Waals surface area contributed by atoms with Crippen LogP contribution in [0.2, 0.25) is 0 Å². The summed E-state index contributed by atoms with van der Waals surface area (Å²) in [5.41, 5.74) is -1.91. The highest BCUT2D eigenvalue weighted by atomic mass is 16.6. The highest BCUT2D eigenvalue weighted by molar-refractivity contribution is 5.87. The standard InChI is InChI=1S/C18H24O8.C17H24O6.C16H22O6/c1-5-18(2,3)17(22)24-7-10(19)25-13-8-6-9-12(11(8)15(20)23-4)16(21)26-14(9)13;1-5-17(3,4)16(20)21-7-11(18)22-13-9-6-10-12(8(9)2)15(19)23-14(10)13;1-4-16(2,3)15(19)20-7-11(17)21-12-8-5-9-10(6-8)14(18)22-13(9)12/h8-9,11-14H,5-7H2,1-4H3;8-10,12-14H,5-7H2,1-4H3;8-10,12-13H,4-7H2,1-3H3. The highest BCUT2D eigenvalue weighted by Crippen LogP contribution is 2.60. The van der Waals surface area contributed by atoms with Gasteiger partial charge < -0.3 is 47.4 Å². The van der Waals surface area contributed by atoms with Crippen molar-refractivity contribution in [3.8, 4) is 0 Å². The van der Waals surface area contributed by atoms with E-state index in [1.807, 2.05) is 27.7 Å². The smallest absolute Gasteiger partial charge is 0.344 e. The van der Waals surface area contributed by atoms with Crippen molar-refractivity contribution in [3.05, 3.63) is 0 Å². The van der Waals surface area contributed by atoms with Crippen LogP contribution >= 0.6 is 0 Å². The Labute approximate surface area is 413 Å². The quantitative estimate of drug-likeness (QED) is 0.156. The summed E-state index contributed by atoms with van der Waals surface area (Å²) in [6.45, 7) is 16.9. The van der Waals surface area contributed by atoms with Crippen LogP contribution in [0.3, 0.4) is 0 Å². The van der Waals surface area contributed by atoms with E-state index in [4.69, 9.17) is 47.4 Å². The average molecular weight is 1000 g/mol. The van der Waals surface area contributed by atoms with Crippen LogP contribution in [-0.4, -0.2) is 123 Å². The molecule has 6 bridgehead atoms. The van der Waals surface area contributed by atoms with E-state index in [9.17, 15) is 47.9 Å². The van der Waals surface area contributed by atoms with Crippen LogP contribution < -0.4 is 0 Å². The number of fused-ring (bicyclic) bond motifs is 3. The maximum Gasteiger partial charge on any atom is 0.344 e. The van der Waals surface area contributed by atoms with E-state index >= 15 is 0 Å². The summed E-state index contributed by atoms with van der Waals surface area (Å²) in [4.78, 5) is 119. The Hall–Kier alpha value is -5.30. The van der Waals surface area contributed by atoms with Gasteiger partial charge in [0.2, 0.25) is 0 Å². The van der Waals surface area contributed by atoms with Crippen molar-refractivity contribution in [2.24, 2.45) is 81.3 Å². The van der Waals surface area contributed by atoms with Crippen LogP contribution in [0.4, 0.5) is 0 Å². The number of ether oxygens (including phenoxy) is 10. The Kier molecular flexibility index (Phi) is 15.3. The van der Waals surface area contributed by atoms with E-state index in [0.717, 1.165) is 19.3 Å². The summed E-state index contributed by atoms with van der Waals surface area (Å²) in [6.07, 6.45) is 2.24. The number of hydrogen-bond acceptors (Lipinski definition) is 20. The Balaban J connectivity index is 0.000000157. The lowest BCUT2D eigenvalue weighted by molar-refractivity contribution is -0.174. The molecule has 6 saturated carbocycles. The monoisotopic (exact) mass is 1000 g/mol. The molecule has 3 aliphatic heterocycles. The van der Waals surface area contributed by atoms with Crippen molar-refractivity contribution < 1.29 is 95.3 Å². The van der Waals surface area contributed by atoms with Gasteiger partial charge in [-0.25, -0.2) is 14.4 Å². The summed E-state index contributed by atoms with van der Waals surface area (Å²) in [6, 6.07) is 0. The second kappa shape index (κ2) is 20.3. The van der Waals surface area contributed by atoms with Gasteiger partial charge >= 0.3 is 59.7 Å². The van der Waals surface area contributed by atoms with E-state index < -0.39 is 107 Å². The number of esters is 10. The third-order valence-electron chi connectivity index (χ3n) is 17.4. The van der Waals surface area contributed by atoms with Gasteiger partial charge in [-0.1, -0.05) is 27.7 Å². The van der Waals surface area contributed by atoms with Crippen molar-refractivity contribution in [2.45, 2.75) is 151 Å². The Morgan fingerprint density at radius 3 is 1.37 bits per heavy atom. The summed E-state index contributed by atoms with van der Waals surface area (Å²) in [7, 11) is 1.27. The molecule has 3 saturated heterocycles. The average Bonchev–Trinajstić information content (AvgIpc) is 4.23. The molecule has 20 heteroatoms. The second-order valence-electron chi connectivity index (χ2n) is 22.6. The molecule has 0 aromatic carbocycles. The summed E-state index contributed by atoms with van der Waals surface area (Å²) >= 11 is 0. The fraction of sp³-hybridized carbons (Fsp3) is 0.804. The third kappa shape index (κ3) is 10.1. The van der Waals surface area contributed by atoms with Crippen molar-refractivity contribution >= 4 is 59.7 Å². The number of carbonyl (C=O) groups is 10. The minimum absolute atomic E-state index is 0.00636. The van der Waals surface area contributed by atoms with E-state index in [2.05, 4.69) is 0 Å². The maximum absolute atomic E-state index is 12.1. The second-order valence-corrected chi connectivity index (χ2v) is 22.6. The molecular weight excluding hydrogens is 933 g/mol. The summed E-state index contributed by atoms with van der Waals surface area (Å²) in [5, 5.41) is 0. The maximum atomic E-state index is 12.1. The number of hydrogen-bond donors (Lipinski definition) is 0. The Morgan fingerprint density at radius 1 is 0.507 bits per heavy atom. The number of carbonyl (C=O) groups excluding carboxylic acids is 10. The molecule has 3 heterocycles. The molecule has 17 atom stereocenters. The highest BCUT2D eigenvalue weighted by Gasteiger charge is 2.70. The normalized spacial score (nSPS) is 35.8. The van der Waals surface area contributed by atoms with Gasteiger partial charge in [0.1, 0.15) is 36.6 Å². The van der Waals surface area contributed by atoms with Crippen molar-refractivity contribution in [1.82, 2.24) is 0 Å².